The smallest absolute Gasteiger partial charge is 0.0638 e. The van der Waals surface area contributed by atoms with Crippen LogP contribution in [0.2, 0.25) is 0 Å². The van der Waals surface area contributed by atoms with Crippen LogP contribution in [-0.4, -0.2) is 29.5 Å². The quantitative estimate of drug-likeness (QED) is 0.766. The molecule has 2 N–H and O–H groups in total. The second-order valence-electron chi connectivity index (χ2n) is 4.80. The molecule has 1 aromatic heterocycles. The number of aryl methyl sites for hydroxylation is 2. The van der Waals surface area contributed by atoms with Crippen molar-refractivity contribution in [1.82, 2.24) is 15.5 Å². The van der Waals surface area contributed by atoms with Crippen LogP contribution in [0.1, 0.15) is 37.7 Å². The summed E-state index contributed by atoms with van der Waals surface area (Å²) in [5, 5.41) is 10.8. The van der Waals surface area contributed by atoms with Gasteiger partial charge in [-0.05, 0) is 26.7 Å². The van der Waals surface area contributed by atoms with Crippen LogP contribution in [0.5, 0.6) is 0 Å². The Hall–Kier alpha value is -0.870. The van der Waals surface area contributed by atoms with E-state index < -0.39 is 0 Å². The van der Waals surface area contributed by atoms with Crippen molar-refractivity contribution in [2.45, 2.75) is 47.2 Å². The molecule has 0 aromatic carbocycles. The first kappa shape index (κ1) is 14.2. The minimum atomic E-state index is 0.392. The van der Waals surface area contributed by atoms with Gasteiger partial charge in [-0.25, -0.2) is 0 Å². The highest BCUT2D eigenvalue weighted by molar-refractivity contribution is 5.22. The molecule has 0 aliphatic rings. The lowest BCUT2D eigenvalue weighted by Gasteiger charge is -2.22. The zero-order valence-corrected chi connectivity index (χ0v) is 11.6. The minimum absolute atomic E-state index is 0.392. The van der Waals surface area contributed by atoms with E-state index in [1.165, 1.54) is 5.56 Å². The molecule has 1 heterocycles. The molecule has 0 amide bonds. The summed E-state index contributed by atoms with van der Waals surface area (Å²) >= 11 is 0. The lowest BCUT2D eigenvalue weighted by Crippen LogP contribution is -2.37. The topological polar surface area (TPSA) is 49.9 Å². The Morgan fingerprint density at radius 2 is 2.06 bits per heavy atom. The fourth-order valence-electron chi connectivity index (χ4n) is 1.80. The van der Waals surface area contributed by atoms with Gasteiger partial charge in [0, 0.05) is 30.5 Å². The zero-order chi connectivity index (χ0) is 12.8. The average molecular weight is 239 g/mol. The fraction of sp³-hybridized carbons (Fsp3) is 0.769. The van der Waals surface area contributed by atoms with Crippen molar-refractivity contribution in [3.63, 3.8) is 0 Å². The van der Waals surface area contributed by atoms with E-state index >= 15 is 0 Å². The predicted molar refractivity (Wildman–Crippen MR) is 70.0 cm³/mol. The summed E-state index contributed by atoms with van der Waals surface area (Å²) in [6.45, 7) is 12.9. The van der Waals surface area contributed by atoms with Crippen molar-refractivity contribution in [3.8, 4) is 0 Å². The molecular weight excluding hydrogens is 214 g/mol. The lowest BCUT2D eigenvalue weighted by atomic mass is 10.0. The summed E-state index contributed by atoms with van der Waals surface area (Å²) in [5.41, 5.74) is 3.50. The Bertz CT molecular complexity index is 314. The monoisotopic (exact) mass is 239 g/mol. The lowest BCUT2D eigenvalue weighted by molar-refractivity contribution is 0.108. The molecule has 0 aliphatic heterocycles. The largest absolute Gasteiger partial charge is 0.380 e. The van der Waals surface area contributed by atoms with Gasteiger partial charge in [-0.1, -0.05) is 13.8 Å². The average Bonchev–Trinajstić information content (AvgIpc) is 2.59. The van der Waals surface area contributed by atoms with Gasteiger partial charge in [0.1, 0.15) is 0 Å². The van der Waals surface area contributed by atoms with Crippen molar-refractivity contribution in [2.75, 3.05) is 13.2 Å². The summed E-state index contributed by atoms with van der Waals surface area (Å²) in [6.07, 6.45) is 0. The molecule has 98 valence electrons. The molecule has 4 heteroatoms. The van der Waals surface area contributed by atoms with E-state index in [-0.39, 0.29) is 0 Å². The first-order chi connectivity index (χ1) is 8.06. The van der Waals surface area contributed by atoms with E-state index in [0.29, 0.717) is 12.0 Å². The van der Waals surface area contributed by atoms with Gasteiger partial charge in [-0.3, -0.25) is 5.10 Å². The predicted octanol–water partition coefficient (Wildman–Crippen LogP) is 2.18. The van der Waals surface area contributed by atoms with Gasteiger partial charge >= 0.3 is 0 Å². The van der Waals surface area contributed by atoms with Crippen LogP contribution in [-0.2, 0) is 11.3 Å². The molecule has 0 saturated heterocycles. The van der Waals surface area contributed by atoms with Gasteiger partial charge in [0.15, 0.2) is 0 Å². The van der Waals surface area contributed by atoms with Crippen LogP contribution in [0.3, 0.4) is 0 Å². The van der Waals surface area contributed by atoms with E-state index in [1.807, 2.05) is 13.8 Å². The summed E-state index contributed by atoms with van der Waals surface area (Å²) in [7, 11) is 0. The van der Waals surface area contributed by atoms with E-state index in [0.717, 1.165) is 31.1 Å². The first-order valence-electron chi connectivity index (χ1n) is 6.37. The molecule has 1 aromatic rings. The first-order valence-corrected chi connectivity index (χ1v) is 6.37. The summed E-state index contributed by atoms with van der Waals surface area (Å²) in [4.78, 5) is 0. The van der Waals surface area contributed by atoms with E-state index in [1.54, 1.807) is 0 Å². The maximum Gasteiger partial charge on any atom is 0.0638 e. The molecular formula is C13H25N3O. The number of aromatic amines is 1. The van der Waals surface area contributed by atoms with Crippen molar-refractivity contribution >= 4 is 0 Å². The molecule has 0 spiro atoms. The standard InChI is InChI=1S/C13H25N3O/c1-6-17-8-13(9(2)3)14-7-12-10(4)15-16-11(12)5/h9,13-14H,6-8H2,1-5H3,(H,15,16). The van der Waals surface area contributed by atoms with E-state index in [4.69, 9.17) is 4.74 Å². The SMILES string of the molecule is CCOCC(NCc1c(C)n[nH]c1C)C(C)C. The highest BCUT2D eigenvalue weighted by Crippen LogP contribution is 2.10. The molecule has 4 nitrogen and oxygen atoms in total. The second kappa shape index (κ2) is 6.77. The molecule has 0 bridgehead atoms. The third kappa shape index (κ3) is 4.13. The third-order valence-corrected chi connectivity index (χ3v) is 3.13. The van der Waals surface area contributed by atoms with Gasteiger partial charge in [0.2, 0.25) is 0 Å². The second-order valence-corrected chi connectivity index (χ2v) is 4.80. The highest BCUT2D eigenvalue weighted by atomic mass is 16.5. The Morgan fingerprint density at radius 3 is 2.53 bits per heavy atom. The number of ether oxygens (including phenoxy) is 1. The number of hydrogen-bond acceptors (Lipinski definition) is 3. The zero-order valence-electron chi connectivity index (χ0n) is 11.6. The van der Waals surface area contributed by atoms with Crippen molar-refractivity contribution in [3.05, 3.63) is 17.0 Å². The molecule has 1 rings (SSSR count). The number of nitrogens with zero attached hydrogens (tertiary/aromatic N) is 1. The number of aromatic nitrogens is 2. The van der Waals surface area contributed by atoms with Gasteiger partial charge in [-0.2, -0.15) is 5.10 Å². The number of nitrogens with one attached hydrogen (secondary N) is 2. The molecule has 1 unspecified atom stereocenters. The van der Waals surface area contributed by atoms with Gasteiger partial charge in [-0.15, -0.1) is 0 Å². The molecule has 1 atom stereocenters. The fourth-order valence-corrected chi connectivity index (χ4v) is 1.80. The molecule has 0 fully saturated rings. The van der Waals surface area contributed by atoms with Crippen LogP contribution in [0.15, 0.2) is 0 Å². The van der Waals surface area contributed by atoms with Gasteiger partial charge < -0.3 is 10.1 Å². The Kier molecular flexibility index (Phi) is 5.65. The van der Waals surface area contributed by atoms with Crippen molar-refractivity contribution < 1.29 is 4.74 Å². The van der Waals surface area contributed by atoms with Crippen LogP contribution in [0.4, 0.5) is 0 Å². The minimum Gasteiger partial charge on any atom is -0.380 e. The number of H-pyrrole nitrogens is 1. The third-order valence-electron chi connectivity index (χ3n) is 3.13. The summed E-state index contributed by atoms with van der Waals surface area (Å²) in [6, 6.07) is 0.392. The normalized spacial score (nSPS) is 13.3. The van der Waals surface area contributed by atoms with Gasteiger partial charge in [0.05, 0.1) is 12.3 Å². The molecule has 0 aliphatic carbocycles. The maximum absolute atomic E-state index is 5.50. The van der Waals surface area contributed by atoms with Crippen molar-refractivity contribution in [1.29, 1.82) is 0 Å². The van der Waals surface area contributed by atoms with E-state index in [9.17, 15) is 0 Å². The number of rotatable bonds is 7. The number of hydrogen-bond donors (Lipinski definition) is 2. The summed E-state index contributed by atoms with van der Waals surface area (Å²) in [5.74, 6) is 0.564. The Labute approximate surface area is 104 Å². The van der Waals surface area contributed by atoms with Crippen LogP contribution in [0.25, 0.3) is 0 Å². The highest BCUT2D eigenvalue weighted by Gasteiger charge is 2.14. The van der Waals surface area contributed by atoms with Crippen molar-refractivity contribution in [2.24, 2.45) is 5.92 Å². The van der Waals surface area contributed by atoms with E-state index in [2.05, 4.69) is 36.3 Å². The van der Waals surface area contributed by atoms with Crippen LogP contribution < -0.4 is 5.32 Å². The molecule has 0 saturated carbocycles. The van der Waals surface area contributed by atoms with Crippen LogP contribution in [0, 0.1) is 19.8 Å². The Morgan fingerprint density at radius 1 is 1.35 bits per heavy atom. The molecule has 0 radical (unpaired) electrons. The van der Waals surface area contributed by atoms with Gasteiger partial charge in [0.25, 0.3) is 0 Å². The molecule has 17 heavy (non-hydrogen) atoms. The van der Waals surface area contributed by atoms with Crippen LogP contribution >= 0.6 is 0 Å². The summed E-state index contributed by atoms with van der Waals surface area (Å²) < 4.78 is 5.50. The Balaban J connectivity index is 2.51. The maximum atomic E-state index is 5.50.